The molecule has 0 atom stereocenters. The molecule has 0 fully saturated rings. The Bertz CT molecular complexity index is 1220. The van der Waals surface area contributed by atoms with Crippen molar-refractivity contribution in [2.75, 3.05) is 18.4 Å². The molecule has 3 N–H and O–H groups in total. The number of nitrogens with one attached hydrogen (secondary N) is 3. The van der Waals surface area contributed by atoms with Crippen LogP contribution in [-0.2, 0) is 0 Å². The fourth-order valence-corrected chi connectivity index (χ4v) is 3.17. The first-order valence-electron chi connectivity index (χ1n) is 10.5. The van der Waals surface area contributed by atoms with Gasteiger partial charge in [-0.15, -0.1) is 0 Å². The molecule has 0 bridgehead atoms. The van der Waals surface area contributed by atoms with Gasteiger partial charge < -0.3 is 16.0 Å². The average Bonchev–Trinajstić information content (AvgIpc) is 2.82. The fraction of sp³-hybridized carbons (Fsp3) is 0.160. The van der Waals surface area contributed by atoms with Gasteiger partial charge in [0, 0.05) is 47.1 Å². The summed E-state index contributed by atoms with van der Waals surface area (Å²) in [6.45, 7) is 3.89. The summed E-state index contributed by atoms with van der Waals surface area (Å²) in [7, 11) is 0. The van der Waals surface area contributed by atoms with Crippen LogP contribution in [0.1, 0.15) is 42.2 Å². The van der Waals surface area contributed by atoms with Crippen LogP contribution < -0.4 is 16.0 Å². The van der Waals surface area contributed by atoms with Gasteiger partial charge in [0.2, 0.25) is 0 Å². The largest absolute Gasteiger partial charge is 0.350 e. The number of hydrogen-bond acceptors (Lipinski definition) is 5. The number of aryl methyl sites for hydroxylation is 2. The predicted molar refractivity (Wildman–Crippen MR) is 128 cm³/mol. The van der Waals surface area contributed by atoms with Gasteiger partial charge in [0.1, 0.15) is 0 Å². The molecule has 0 heterocycles. The normalized spacial score (nSPS) is 10.3. The molecule has 3 aromatic carbocycles. The highest BCUT2D eigenvalue weighted by Gasteiger charge is 2.14. The quantitative estimate of drug-likeness (QED) is 0.268. The van der Waals surface area contributed by atoms with E-state index in [9.17, 15) is 24.5 Å². The zero-order chi connectivity index (χ0) is 24.7. The third kappa shape index (κ3) is 6.26. The Hall–Kier alpha value is -4.53. The van der Waals surface area contributed by atoms with E-state index in [0.717, 1.165) is 5.56 Å². The topological polar surface area (TPSA) is 130 Å². The van der Waals surface area contributed by atoms with Crippen molar-refractivity contribution in [1.29, 1.82) is 0 Å². The van der Waals surface area contributed by atoms with Gasteiger partial charge in [-0.1, -0.05) is 17.7 Å². The van der Waals surface area contributed by atoms with Crippen molar-refractivity contribution < 1.29 is 19.3 Å². The summed E-state index contributed by atoms with van der Waals surface area (Å²) in [5.74, 6) is -0.950. The zero-order valence-corrected chi connectivity index (χ0v) is 18.8. The van der Waals surface area contributed by atoms with Gasteiger partial charge in [-0.3, -0.25) is 24.5 Å². The van der Waals surface area contributed by atoms with E-state index in [-0.39, 0.29) is 36.5 Å². The van der Waals surface area contributed by atoms with Crippen molar-refractivity contribution in [3.63, 3.8) is 0 Å². The summed E-state index contributed by atoms with van der Waals surface area (Å²) in [6.07, 6.45) is 0. The van der Waals surface area contributed by atoms with E-state index in [1.807, 2.05) is 19.1 Å². The van der Waals surface area contributed by atoms with E-state index >= 15 is 0 Å². The van der Waals surface area contributed by atoms with Gasteiger partial charge in [-0.05, 0) is 62.4 Å². The van der Waals surface area contributed by atoms with Crippen LogP contribution in [0.2, 0.25) is 0 Å². The molecule has 0 aliphatic carbocycles. The second-order valence-corrected chi connectivity index (χ2v) is 7.67. The van der Waals surface area contributed by atoms with Crippen molar-refractivity contribution in [1.82, 2.24) is 10.6 Å². The number of nitrogens with zero attached hydrogens (tertiary/aromatic N) is 1. The van der Waals surface area contributed by atoms with Crippen LogP contribution in [0.15, 0.2) is 66.7 Å². The summed E-state index contributed by atoms with van der Waals surface area (Å²) < 4.78 is 0. The Labute approximate surface area is 196 Å². The summed E-state index contributed by atoms with van der Waals surface area (Å²) in [5, 5.41) is 19.0. The van der Waals surface area contributed by atoms with Crippen LogP contribution in [0.3, 0.4) is 0 Å². The Morgan fingerprint density at radius 3 is 1.79 bits per heavy atom. The lowest BCUT2D eigenvalue weighted by molar-refractivity contribution is -0.385. The molecule has 34 heavy (non-hydrogen) atoms. The van der Waals surface area contributed by atoms with Crippen LogP contribution in [0.5, 0.6) is 0 Å². The molecule has 3 rings (SSSR count). The van der Waals surface area contributed by atoms with Crippen LogP contribution in [-0.4, -0.2) is 35.7 Å². The Morgan fingerprint density at radius 1 is 0.735 bits per heavy atom. The van der Waals surface area contributed by atoms with E-state index in [4.69, 9.17) is 0 Å². The highest BCUT2D eigenvalue weighted by Crippen LogP contribution is 2.18. The molecule has 3 amide bonds. The summed E-state index contributed by atoms with van der Waals surface area (Å²) in [4.78, 5) is 47.2. The minimum Gasteiger partial charge on any atom is -0.350 e. The maximum Gasteiger partial charge on any atom is 0.272 e. The van der Waals surface area contributed by atoms with Crippen molar-refractivity contribution in [3.8, 4) is 0 Å². The first kappa shape index (κ1) is 24.1. The number of amides is 3. The number of rotatable bonds is 8. The second kappa shape index (κ2) is 10.9. The number of nitro benzene ring substituents is 1. The SMILES string of the molecule is Cc1ccc(C(=O)Nc2ccc(C(=O)NCCNC(=O)c3ccc([N+](=O)[O-])c(C)c3)cc2)cc1. The molecule has 0 unspecified atom stereocenters. The first-order valence-corrected chi connectivity index (χ1v) is 10.5. The van der Waals surface area contributed by atoms with Gasteiger partial charge in [0.15, 0.2) is 0 Å². The number of hydrogen-bond donors (Lipinski definition) is 3. The van der Waals surface area contributed by atoms with E-state index in [1.54, 1.807) is 43.3 Å². The third-order valence-corrected chi connectivity index (χ3v) is 5.07. The van der Waals surface area contributed by atoms with Gasteiger partial charge in [0.25, 0.3) is 23.4 Å². The zero-order valence-electron chi connectivity index (χ0n) is 18.8. The molecule has 0 radical (unpaired) electrons. The smallest absolute Gasteiger partial charge is 0.272 e. The summed E-state index contributed by atoms with van der Waals surface area (Å²) in [5.41, 5.74) is 3.22. The van der Waals surface area contributed by atoms with Crippen molar-refractivity contribution >= 4 is 29.1 Å². The van der Waals surface area contributed by atoms with Gasteiger partial charge in [-0.25, -0.2) is 0 Å². The molecule has 0 aliphatic heterocycles. The van der Waals surface area contributed by atoms with E-state index < -0.39 is 4.92 Å². The van der Waals surface area contributed by atoms with Crippen LogP contribution in [0.25, 0.3) is 0 Å². The summed E-state index contributed by atoms with van der Waals surface area (Å²) in [6, 6.07) is 17.8. The van der Waals surface area contributed by atoms with Crippen LogP contribution in [0.4, 0.5) is 11.4 Å². The number of nitro groups is 1. The molecule has 9 heteroatoms. The van der Waals surface area contributed by atoms with Gasteiger partial charge in [0.05, 0.1) is 4.92 Å². The monoisotopic (exact) mass is 460 g/mol. The van der Waals surface area contributed by atoms with Crippen LogP contribution in [0, 0.1) is 24.0 Å². The van der Waals surface area contributed by atoms with E-state index in [0.29, 0.717) is 27.9 Å². The highest BCUT2D eigenvalue weighted by atomic mass is 16.6. The molecule has 174 valence electrons. The molecule has 0 aliphatic rings. The predicted octanol–water partition coefficient (Wildman–Crippen LogP) is 3.62. The molecule has 0 aromatic heterocycles. The molecular formula is C25H24N4O5. The van der Waals surface area contributed by atoms with Gasteiger partial charge >= 0.3 is 0 Å². The minimum atomic E-state index is -0.503. The molecule has 0 saturated carbocycles. The van der Waals surface area contributed by atoms with Crippen molar-refractivity contribution in [2.24, 2.45) is 0 Å². The highest BCUT2D eigenvalue weighted by molar-refractivity contribution is 6.04. The van der Waals surface area contributed by atoms with Crippen molar-refractivity contribution in [3.05, 3.63) is 105 Å². The van der Waals surface area contributed by atoms with Gasteiger partial charge in [-0.2, -0.15) is 0 Å². The second-order valence-electron chi connectivity index (χ2n) is 7.67. The number of carbonyl (C=O) groups is 3. The summed E-state index contributed by atoms with van der Waals surface area (Å²) >= 11 is 0. The number of carbonyl (C=O) groups excluding carboxylic acids is 3. The van der Waals surface area contributed by atoms with E-state index in [2.05, 4.69) is 16.0 Å². The lowest BCUT2D eigenvalue weighted by Crippen LogP contribution is -2.34. The molecule has 3 aromatic rings. The lowest BCUT2D eigenvalue weighted by Gasteiger charge is -2.09. The van der Waals surface area contributed by atoms with E-state index in [1.165, 1.54) is 18.2 Å². The lowest BCUT2D eigenvalue weighted by atomic mass is 10.1. The number of anilines is 1. The third-order valence-electron chi connectivity index (χ3n) is 5.07. The molecule has 9 nitrogen and oxygen atoms in total. The Morgan fingerprint density at radius 2 is 1.24 bits per heavy atom. The van der Waals surface area contributed by atoms with Crippen molar-refractivity contribution in [2.45, 2.75) is 13.8 Å². The molecule has 0 saturated heterocycles. The molecular weight excluding hydrogens is 436 g/mol. The minimum absolute atomic E-state index is 0.0513. The Kier molecular flexibility index (Phi) is 7.71. The maximum absolute atomic E-state index is 12.3. The van der Waals surface area contributed by atoms with Crippen LogP contribution >= 0.6 is 0 Å². The number of benzene rings is 3. The molecule has 0 spiro atoms. The maximum atomic E-state index is 12.3. The first-order chi connectivity index (χ1) is 16.2. The fourth-order valence-electron chi connectivity index (χ4n) is 3.17. The average molecular weight is 460 g/mol. The standard InChI is InChI=1S/C25H24N4O5/c1-16-3-5-19(6-4-16)25(32)28-21-10-7-18(8-11-21)23(30)26-13-14-27-24(31)20-9-12-22(29(33)34)17(2)15-20/h3-12,15H,13-14H2,1-2H3,(H,26,30)(H,27,31)(H,28,32). The Balaban J connectivity index is 1.45.